The molecule has 0 saturated carbocycles. The molecule has 0 aromatic rings. The molecule has 0 aromatic heterocycles. The van der Waals surface area contributed by atoms with E-state index in [1.807, 2.05) is 4.90 Å². The van der Waals surface area contributed by atoms with Crippen molar-refractivity contribution in [3.63, 3.8) is 0 Å². The van der Waals surface area contributed by atoms with Crippen LogP contribution in [0.2, 0.25) is 0 Å². The van der Waals surface area contributed by atoms with Gasteiger partial charge in [0.1, 0.15) is 0 Å². The molecule has 1 unspecified atom stereocenters. The summed E-state index contributed by atoms with van der Waals surface area (Å²) >= 11 is 0. The molecule has 1 rings (SSSR count). The van der Waals surface area contributed by atoms with Gasteiger partial charge >= 0.3 is 0 Å². The Morgan fingerprint density at radius 1 is 1.27 bits per heavy atom. The van der Waals surface area contributed by atoms with Crippen LogP contribution in [0.25, 0.3) is 0 Å². The van der Waals surface area contributed by atoms with E-state index in [0.29, 0.717) is 18.4 Å². The highest BCUT2D eigenvalue weighted by Gasteiger charge is 2.27. The van der Waals surface area contributed by atoms with Crippen molar-refractivity contribution in [3.05, 3.63) is 0 Å². The zero-order valence-electron chi connectivity index (χ0n) is 17.3. The summed E-state index contributed by atoms with van der Waals surface area (Å²) in [5, 5.41) is 16.1. The Balaban J connectivity index is 2.59. The van der Waals surface area contributed by atoms with Crippen LogP contribution in [0.1, 0.15) is 72.6 Å². The fourth-order valence-electron chi connectivity index (χ4n) is 3.72. The lowest BCUT2D eigenvalue weighted by atomic mass is 9.79. The number of carbonyl (C=O) groups is 1. The Bertz CT molecular complexity index is 436. The zero-order valence-corrected chi connectivity index (χ0v) is 17.3. The number of amides is 1. The third-order valence-electron chi connectivity index (χ3n) is 5.85. The molecule has 1 fully saturated rings. The number of hydrogen-bond acceptors (Lipinski definition) is 3. The summed E-state index contributed by atoms with van der Waals surface area (Å²) in [6, 6.07) is 0.320. The number of aliphatic hydroxyl groups excluding tert-OH is 1. The standard InChI is InChI=1S/C20H40N4O2/c1-5-17(24-14-9-10-18(24)26)11-13-22-19(21-8-4)23-16-20(6-2,7-3)12-15-25/h17,25H,5-16H2,1-4H3,(H2,21,22,23). The van der Waals surface area contributed by atoms with Gasteiger partial charge < -0.3 is 20.6 Å². The predicted octanol–water partition coefficient (Wildman–Crippen LogP) is 2.52. The maximum atomic E-state index is 12.0. The molecule has 26 heavy (non-hydrogen) atoms. The fourth-order valence-corrected chi connectivity index (χ4v) is 3.72. The molecule has 1 aliphatic rings. The van der Waals surface area contributed by atoms with Gasteiger partial charge in [0.25, 0.3) is 0 Å². The molecule has 1 aliphatic heterocycles. The van der Waals surface area contributed by atoms with Crippen molar-refractivity contribution in [2.45, 2.75) is 78.7 Å². The predicted molar refractivity (Wildman–Crippen MR) is 108 cm³/mol. The number of aliphatic hydroxyl groups is 1. The molecule has 0 bridgehead atoms. The maximum absolute atomic E-state index is 12.0. The van der Waals surface area contributed by atoms with Gasteiger partial charge in [0.15, 0.2) is 5.96 Å². The van der Waals surface area contributed by atoms with Crippen LogP contribution in [-0.2, 0) is 4.79 Å². The minimum absolute atomic E-state index is 0.0744. The number of rotatable bonds is 12. The zero-order chi connectivity index (χ0) is 19.4. The first kappa shape index (κ1) is 22.7. The molecule has 0 aliphatic carbocycles. The maximum Gasteiger partial charge on any atom is 0.222 e. The molecule has 0 radical (unpaired) electrons. The largest absolute Gasteiger partial charge is 0.396 e. The number of nitrogens with zero attached hydrogens (tertiary/aromatic N) is 2. The molecule has 6 heteroatoms. The summed E-state index contributed by atoms with van der Waals surface area (Å²) in [6.07, 6.45) is 6.45. The van der Waals surface area contributed by atoms with Crippen molar-refractivity contribution < 1.29 is 9.90 Å². The van der Waals surface area contributed by atoms with Gasteiger partial charge in [-0.15, -0.1) is 0 Å². The molecule has 3 N–H and O–H groups in total. The van der Waals surface area contributed by atoms with Gasteiger partial charge in [0.05, 0.1) is 0 Å². The highest BCUT2D eigenvalue weighted by atomic mass is 16.3. The van der Waals surface area contributed by atoms with Crippen LogP contribution in [0, 0.1) is 5.41 Å². The molecular formula is C20H40N4O2. The van der Waals surface area contributed by atoms with Crippen LogP contribution in [0.4, 0.5) is 0 Å². The van der Waals surface area contributed by atoms with E-state index in [1.54, 1.807) is 0 Å². The Labute approximate surface area is 159 Å². The third kappa shape index (κ3) is 6.78. The van der Waals surface area contributed by atoms with E-state index in [9.17, 15) is 9.90 Å². The van der Waals surface area contributed by atoms with E-state index in [4.69, 9.17) is 4.99 Å². The highest BCUT2D eigenvalue weighted by Crippen LogP contribution is 2.30. The van der Waals surface area contributed by atoms with E-state index in [2.05, 4.69) is 38.3 Å². The van der Waals surface area contributed by atoms with Crippen LogP contribution >= 0.6 is 0 Å². The molecule has 0 spiro atoms. The van der Waals surface area contributed by atoms with Crippen LogP contribution in [0.15, 0.2) is 4.99 Å². The molecule has 152 valence electrons. The summed E-state index contributed by atoms with van der Waals surface area (Å²) in [5.74, 6) is 1.14. The minimum Gasteiger partial charge on any atom is -0.396 e. The van der Waals surface area contributed by atoms with E-state index < -0.39 is 0 Å². The number of nitrogens with one attached hydrogen (secondary N) is 2. The first-order valence-electron chi connectivity index (χ1n) is 10.5. The lowest BCUT2D eigenvalue weighted by molar-refractivity contribution is -0.129. The van der Waals surface area contributed by atoms with E-state index in [1.165, 1.54) is 0 Å². The van der Waals surface area contributed by atoms with Gasteiger partial charge in [0.2, 0.25) is 5.91 Å². The monoisotopic (exact) mass is 368 g/mol. The second kappa shape index (κ2) is 12.2. The minimum atomic E-state index is 0.0744. The van der Waals surface area contributed by atoms with Crippen molar-refractivity contribution in [1.29, 1.82) is 0 Å². The van der Waals surface area contributed by atoms with Crippen molar-refractivity contribution in [1.82, 2.24) is 15.5 Å². The van der Waals surface area contributed by atoms with E-state index in [0.717, 1.165) is 70.7 Å². The molecule has 1 saturated heterocycles. The topological polar surface area (TPSA) is 77.0 Å². The number of aliphatic imine (C=N–C) groups is 1. The summed E-state index contributed by atoms with van der Waals surface area (Å²) < 4.78 is 0. The van der Waals surface area contributed by atoms with E-state index >= 15 is 0 Å². The number of likely N-dealkylation sites (tertiary alicyclic amines) is 1. The smallest absolute Gasteiger partial charge is 0.222 e. The normalized spacial score (nSPS) is 16.9. The van der Waals surface area contributed by atoms with Gasteiger partial charge in [-0.2, -0.15) is 0 Å². The molecule has 1 amide bonds. The molecule has 6 nitrogen and oxygen atoms in total. The summed E-state index contributed by atoms with van der Waals surface area (Å²) in [6.45, 7) is 12.0. The van der Waals surface area contributed by atoms with Crippen LogP contribution < -0.4 is 10.6 Å². The van der Waals surface area contributed by atoms with Crippen molar-refractivity contribution in [2.24, 2.45) is 10.4 Å². The number of carbonyl (C=O) groups excluding carboxylic acids is 1. The van der Waals surface area contributed by atoms with Gasteiger partial charge in [0, 0.05) is 45.2 Å². The number of guanidine groups is 1. The quantitative estimate of drug-likeness (QED) is 0.365. The van der Waals surface area contributed by atoms with Crippen molar-refractivity contribution in [2.75, 3.05) is 32.8 Å². The highest BCUT2D eigenvalue weighted by molar-refractivity contribution is 5.80. The van der Waals surface area contributed by atoms with Gasteiger partial charge in [-0.05, 0) is 50.9 Å². The second-order valence-electron chi connectivity index (χ2n) is 7.34. The molecular weight excluding hydrogens is 328 g/mol. The molecule has 1 heterocycles. The third-order valence-corrected chi connectivity index (χ3v) is 5.85. The lowest BCUT2D eigenvalue weighted by Gasteiger charge is -2.30. The van der Waals surface area contributed by atoms with Gasteiger partial charge in [-0.1, -0.05) is 20.8 Å². The average Bonchev–Trinajstić information content (AvgIpc) is 3.08. The lowest BCUT2D eigenvalue weighted by Crippen LogP contribution is -2.42. The van der Waals surface area contributed by atoms with Gasteiger partial charge in [-0.25, -0.2) is 0 Å². The first-order valence-corrected chi connectivity index (χ1v) is 10.5. The van der Waals surface area contributed by atoms with Crippen LogP contribution in [-0.4, -0.2) is 60.7 Å². The Kier molecular flexibility index (Phi) is 10.6. The summed E-state index contributed by atoms with van der Waals surface area (Å²) in [5.41, 5.74) is 0.0744. The Hall–Kier alpha value is -1.30. The van der Waals surface area contributed by atoms with Crippen molar-refractivity contribution >= 4 is 11.9 Å². The second-order valence-corrected chi connectivity index (χ2v) is 7.34. The summed E-state index contributed by atoms with van der Waals surface area (Å²) in [7, 11) is 0. The molecule has 0 aromatic carbocycles. The van der Waals surface area contributed by atoms with E-state index in [-0.39, 0.29) is 12.0 Å². The average molecular weight is 369 g/mol. The van der Waals surface area contributed by atoms with Crippen LogP contribution in [0.3, 0.4) is 0 Å². The molecule has 1 atom stereocenters. The Morgan fingerprint density at radius 3 is 2.50 bits per heavy atom. The SMILES string of the molecule is CCNC(=NCC(CC)(CC)CCO)NCCC(CC)N1CCCC1=O. The van der Waals surface area contributed by atoms with Crippen molar-refractivity contribution in [3.8, 4) is 0 Å². The van der Waals surface area contributed by atoms with Gasteiger partial charge in [-0.3, -0.25) is 9.79 Å². The Morgan fingerprint density at radius 2 is 2.00 bits per heavy atom. The summed E-state index contributed by atoms with van der Waals surface area (Å²) in [4.78, 5) is 18.8. The van der Waals surface area contributed by atoms with Crippen LogP contribution in [0.5, 0.6) is 0 Å². The first-order chi connectivity index (χ1) is 12.6. The fraction of sp³-hybridized carbons (Fsp3) is 0.900. The number of hydrogen-bond donors (Lipinski definition) is 3.